The van der Waals surface area contributed by atoms with E-state index < -0.39 is 0 Å². The number of carbonyl (C=O) groups is 2. The Hall–Kier alpha value is -3.02. The summed E-state index contributed by atoms with van der Waals surface area (Å²) in [7, 11) is 0. The molecule has 0 fully saturated rings. The summed E-state index contributed by atoms with van der Waals surface area (Å²) in [5.74, 6) is 1.07. The van der Waals surface area contributed by atoms with Crippen LogP contribution in [-0.4, -0.2) is 31.7 Å². The lowest BCUT2D eigenvalue weighted by Gasteiger charge is -2.21. The van der Waals surface area contributed by atoms with Crippen LogP contribution in [0.4, 0.5) is 5.69 Å². The molecule has 0 saturated carbocycles. The lowest BCUT2D eigenvalue weighted by molar-refractivity contribution is -0.121. The fourth-order valence-corrected chi connectivity index (χ4v) is 2.81. The normalized spacial score (nSPS) is 11.9. The van der Waals surface area contributed by atoms with Gasteiger partial charge < -0.3 is 19.7 Å². The van der Waals surface area contributed by atoms with Gasteiger partial charge in [0.05, 0.1) is 0 Å². The van der Waals surface area contributed by atoms with E-state index in [1.165, 1.54) is 12.5 Å². The molecule has 6 heteroatoms. The average Bonchev–Trinajstić information content (AvgIpc) is 3.10. The molecule has 2 aromatic rings. The number of amides is 2. The zero-order chi connectivity index (χ0) is 18.4. The van der Waals surface area contributed by atoms with E-state index in [0.29, 0.717) is 30.3 Å². The maximum Gasteiger partial charge on any atom is 0.231 e. The molecule has 0 unspecified atom stereocenters. The predicted octanol–water partition coefficient (Wildman–Crippen LogP) is 2.52. The summed E-state index contributed by atoms with van der Waals surface area (Å²) >= 11 is 0. The monoisotopic (exact) mass is 354 g/mol. The Morgan fingerprint density at radius 3 is 2.62 bits per heavy atom. The van der Waals surface area contributed by atoms with Crippen LogP contribution >= 0.6 is 0 Å². The van der Waals surface area contributed by atoms with E-state index >= 15 is 0 Å². The fraction of sp³-hybridized carbons (Fsp3) is 0.300. The zero-order valence-corrected chi connectivity index (χ0v) is 14.7. The van der Waals surface area contributed by atoms with Gasteiger partial charge in [-0.2, -0.15) is 0 Å². The third kappa shape index (κ3) is 4.53. The van der Waals surface area contributed by atoms with Gasteiger partial charge in [-0.05, 0) is 24.1 Å². The van der Waals surface area contributed by atoms with Gasteiger partial charge in [-0.1, -0.05) is 30.3 Å². The first-order valence-corrected chi connectivity index (χ1v) is 8.62. The van der Waals surface area contributed by atoms with Crippen molar-refractivity contribution < 1.29 is 19.1 Å². The third-order valence-electron chi connectivity index (χ3n) is 4.19. The summed E-state index contributed by atoms with van der Waals surface area (Å²) in [4.78, 5) is 25.6. The van der Waals surface area contributed by atoms with E-state index in [1.54, 1.807) is 23.1 Å². The van der Waals surface area contributed by atoms with Crippen molar-refractivity contribution in [1.29, 1.82) is 0 Å². The number of hydrogen-bond donors (Lipinski definition) is 1. The highest BCUT2D eigenvalue weighted by Gasteiger charge is 2.18. The van der Waals surface area contributed by atoms with Crippen LogP contribution in [0.25, 0.3) is 0 Å². The Morgan fingerprint density at radius 2 is 1.85 bits per heavy atom. The van der Waals surface area contributed by atoms with Crippen molar-refractivity contribution in [3.8, 4) is 11.5 Å². The molecule has 0 bridgehead atoms. The number of fused-ring (bicyclic) bond motifs is 1. The van der Waals surface area contributed by atoms with Crippen molar-refractivity contribution in [1.82, 2.24) is 5.32 Å². The van der Waals surface area contributed by atoms with Crippen molar-refractivity contribution in [2.45, 2.75) is 19.8 Å². The number of rotatable bonds is 7. The number of nitrogens with zero attached hydrogens (tertiary/aromatic N) is 1. The summed E-state index contributed by atoms with van der Waals surface area (Å²) < 4.78 is 10.6. The van der Waals surface area contributed by atoms with Crippen LogP contribution in [0.5, 0.6) is 11.5 Å². The molecule has 136 valence electrons. The van der Waals surface area contributed by atoms with Gasteiger partial charge >= 0.3 is 0 Å². The minimum Gasteiger partial charge on any atom is -0.454 e. The first-order chi connectivity index (χ1) is 12.6. The molecule has 0 saturated heterocycles. The highest BCUT2D eigenvalue weighted by molar-refractivity contribution is 5.92. The summed E-state index contributed by atoms with van der Waals surface area (Å²) in [6, 6.07) is 15.3. The van der Waals surface area contributed by atoms with Crippen LogP contribution in [0.15, 0.2) is 48.5 Å². The molecular formula is C20H22N2O4. The number of hydrogen-bond acceptors (Lipinski definition) is 4. The van der Waals surface area contributed by atoms with Crippen LogP contribution in [0, 0.1) is 0 Å². The second kappa shape index (κ2) is 8.38. The molecule has 1 heterocycles. The largest absolute Gasteiger partial charge is 0.454 e. The van der Waals surface area contributed by atoms with E-state index in [4.69, 9.17) is 9.47 Å². The summed E-state index contributed by atoms with van der Waals surface area (Å²) in [5.41, 5.74) is 1.87. The molecule has 26 heavy (non-hydrogen) atoms. The Labute approximate surface area is 152 Å². The Bertz CT molecular complexity index is 777. The van der Waals surface area contributed by atoms with Crippen LogP contribution in [-0.2, 0) is 16.0 Å². The molecule has 0 aliphatic carbocycles. The lowest BCUT2D eigenvalue weighted by atomic mass is 10.1. The SMILES string of the molecule is CC(=O)N(CCC(=O)NCCc1ccccc1)c1ccc2c(c1)OCO2. The number of ether oxygens (including phenoxy) is 2. The Kier molecular flexibility index (Phi) is 5.73. The first-order valence-electron chi connectivity index (χ1n) is 8.62. The lowest BCUT2D eigenvalue weighted by Crippen LogP contribution is -2.34. The van der Waals surface area contributed by atoms with Crippen molar-refractivity contribution in [3.63, 3.8) is 0 Å². The molecule has 6 nitrogen and oxygen atoms in total. The predicted molar refractivity (Wildman–Crippen MR) is 98.4 cm³/mol. The Morgan fingerprint density at radius 1 is 1.08 bits per heavy atom. The number of benzene rings is 2. The van der Waals surface area contributed by atoms with Gasteiger partial charge in [0.2, 0.25) is 18.6 Å². The number of carbonyl (C=O) groups excluding carboxylic acids is 2. The molecule has 2 amide bonds. The maximum absolute atomic E-state index is 12.1. The van der Waals surface area contributed by atoms with Gasteiger partial charge in [-0.25, -0.2) is 0 Å². The van der Waals surface area contributed by atoms with Gasteiger partial charge in [0.1, 0.15) is 0 Å². The van der Waals surface area contributed by atoms with Gasteiger partial charge in [0.15, 0.2) is 11.5 Å². The molecular weight excluding hydrogens is 332 g/mol. The quantitative estimate of drug-likeness (QED) is 0.830. The van der Waals surface area contributed by atoms with Gasteiger partial charge in [0, 0.05) is 38.2 Å². The molecule has 1 N–H and O–H groups in total. The first kappa shape index (κ1) is 17.8. The van der Waals surface area contributed by atoms with E-state index in [-0.39, 0.29) is 25.0 Å². The maximum atomic E-state index is 12.1. The minimum absolute atomic E-state index is 0.0760. The molecule has 3 rings (SSSR count). The van der Waals surface area contributed by atoms with Crippen molar-refractivity contribution >= 4 is 17.5 Å². The van der Waals surface area contributed by atoms with Gasteiger partial charge in [-0.15, -0.1) is 0 Å². The standard InChI is InChI=1S/C20H22N2O4/c1-15(23)22(17-7-8-18-19(13-17)26-14-25-18)12-10-20(24)21-11-9-16-5-3-2-4-6-16/h2-8,13H,9-12,14H2,1H3,(H,21,24). The molecule has 0 radical (unpaired) electrons. The minimum atomic E-state index is -0.124. The van der Waals surface area contributed by atoms with E-state index in [0.717, 1.165) is 6.42 Å². The van der Waals surface area contributed by atoms with E-state index in [9.17, 15) is 9.59 Å². The summed E-state index contributed by atoms with van der Waals surface area (Å²) in [6.07, 6.45) is 1.02. The molecule has 0 spiro atoms. The molecule has 1 aliphatic rings. The van der Waals surface area contributed by atoms with Crippen LogP contribution in [0.1, 0.15) is 18.9 Å². The third-order valence-corrected chi connectivity index (χ3v) is 4.19. The molecule has 0 aromatic heterocycles. The highest BCUT2D eigenvalue weighted by Crippen LogP contribution is 2.35. The highest BCUT2D eigenvalue weighted by atomic mass is 16.7. The molecule has 0 atom stereocenters. The number of nitrogens with one attached hydrogen (secondary N) is 1. The van der Waals surface area contributed by atoms with Gasteiger partial charge in [-0.3, -0.25) is 9.59 Å². The number of anilines is 1. The van der Waals surface area contributed by atoms with Crippen molar-refractivity contribution in [2.75, 3.05) is 24.8 Å². The second-order valence-corrected chi connectivity index (χ2v) is 6.04. The molecule has 2 aromatic carbocycles. The molecule has 1 aliphatic heterocycles. The Balaban J connectivity index is 1.50. The van der Waals surface area contributed by atoms with Crippen LogP contribution in [0.2, 0.25) is 0 Å². The van der Waals surface area contributed by atoms with E-state index in [1.807, 2.05) is 30.3 Å². The topological polar surface area (TPSA) is 67.9 Å². The smallest absolute Gasteiger partial charge is 0.231 e. The van der Waals surface area contributed by atoms with Crippen molar-refractivity contribution in [3.05, 3.63) is 54.1 Å². The fourth-order valence-electron chi connectivity index (χ4n) is 2.81. The summed E-state index contributed by atoms with van der Waals surface area (Å²) in [6.45, 7) is 2.56. The second-order valence-electron chi connectivity index (χ2n) is 6.04. The van der Waals surface area contributed by atoms with Gasteiger partial charge in [0.25, 0.3) is 0 Å². The summed E-state index contributed by atoms with van der Waals surface area (Å²) in [5, 5.41) is 2.90. The van der Waals surface area contributed by atoms with Crippen LogP contribution < -0.4 is 19.7 Å². The van der Waals surface area contributed by atoms with Crippen molar-refractivity contribution in [2.24, 2.45) is 0 Å². The van der Waals surface area contributed by atoms with E-state index in [2.05, 4.69) is 5.32 Å². The van der Waals surface area contributed by atoms with Crippen LogP contribution in [0.3, 0.4) is 0 Å². The average molecular weight is 354 g/mol. The zero-order valence-electron chi connectivity index (χ0n) is 14.7.